The Morgan fingerprint density at radius 3 is 2.44 bits per heavy atom. The van der Waals surface area contributed by atoms with Crippen molar-refractivity contribution in [2.75, 3.05) is 0 Å². The van der Waals surface area contributed by atoms with Crippen LogP contribution in [-0.4, -0.2) is 35.8 Å². The van der Waals surface area contributed by atoms with Crippen molar-refractivity contribution in [2.24, 2.45) is 0 Å². The van der Waals surface area contributed by atoms with E-state index in [-0.39, 0.29) is 0 Å². The molecule has 1 aliphatic carbocycles. The van der Waals surface area contributed by atoms with Gasteiger partial charge in [0.15, 0.2) is 0 Å². The number of aliphatic hydroxyl groups excluding tert-OH is 1. The zero-order chi connectivity index (χ0) is 13.3. The van der Waals surface area contributed by atoms with Crippen molar-refractivity contribution in [3.63, 3.8) is 0 Å². The molecule has 0 spiro atoms. The van der Waals surface area contributed by atoms with Crippen LogP contribution < -0.4 is 0 Å². The number of hydrogen-bond donors (Lipinski definition) is 1. The van der Waals surface area contributed by atoms with Gasteiger partial charge < -0.3 is 25.3 Å². The minimum atomic E-state index is -0.890. The fraction of sp³-hybridized carbons (Fsp3) is 0.750. The predicted octanol–water partition coefficient (Wildman–Crippen LogP) is 0.570. The lowest BCUT2D eigenvalue weighted by atomic mass is 9.93. The van der Waals surface area contributed by atoms with Crippen LogP contribution in [-0.2, 0) is 0 Å². The molecule has 0 bridgehead atoms. The van der Waals surface area contributed by atoms with Gasteiger partial charge in [0.25, 0.3) is 0 Å². The van der Waals surface area contributed by atoms with Crippen LogP contribution in [0.25, 0.3) is 0 Å². The van der Waals surface area contributed by atoms with Gasteiger partial charge in [-0.2, -0.15) is 0 Å². The van der Waals surface area contributed by atoms with Crippen LogP contribution >= 0.6 is 0 Å². The maximum atomic E-state index is 10.8. The molecule has 1 aliphatic rings. The van der Waals surface area contributed by atoms with Crippen molar-refractivity contribution in [3.8, 4) is 0 Å². The fourth-order valence-electron chi connectivity index (χ4n) is 2.11. The first-order valence-electron chi connectivity index (χ1n) is 5.44. The number of aliphatic hydroxyl groups is 1. The summed E-state index contributed by atoms with van der Waals surface area (Å²) in [7, 11) is 0. The van der Waals surface area contributed by atoms with Gasteiger partial charge in [-0.15, -0.1) is 0 Å². The molecule has 0 amide bonds. The molecule has 1 heterocycles. The van der Waals surface area contributed by atoms with Crippen molar-refractivity contribution < 1.29 is 15.0 Å². The highest BCUT2D eigenvalue weighted by atomic mass is 16.6. The molecule has 0 unspecified atom stereocenters. The molecule has 2 rings (SSSR count). The third-order valence-corrected chi connectivity index (χ3v) is 2.94. The molecule has 1 aromatic heterocycles. The molecule has 10 nitrogen and oxygen atoms in total. The molecule has 0 saturated heterocycles. The molecule has 2 atom stereocenters. The Balaban J connectivity index is 2.41. The highest BCUT2D eigenvalue weighted by Crippen LogP contribution is 2.31. The smallest absolute Gasteiger partial charge is 0.390 e. The van der Waals surface area contributed by atoms with E-state index >= 15 is 0 Å². The van der Waals surface area contributed by atoms with Gasteiger partial charge in [-0.25, -0.2) is 0 Å². The van der Waals surface area contributed by atoms with Gasteiger partial charge in [-0.3, -0.25) is 0 Å². The van der Waals surface area contributed by atoms with E-state index in [9.17, 15) is 25.3 Å². The van der Waals surface area contributed by atoms with E-state index in [4.69, 9.17) is 0 Å². The van der Waals surface area contributed by atoms with Gasteiger partial charge in [0.05, 0.1) is 11.2 Å². The average Bonchev–Trinajstić information content (AvgIpc) is 2.74. The van der Waals surface area contributed by atoms with Crippen molar-refractivity contribution in [3.05, 3.63) is 20.2 Å². The Bertz CT molecular complexity index is 486. The molecular formula is C8H11N5O5. The zero-order valence-electron chi connectivity index (χ0n) is 9.30. The summed E-state index contributed by atoms with van der Waals surface area (Å²) in [6.45, 7) is 0. The number of hydrogen-bond acceptors (Lipinski definition) is 7. The predicted molar refractivity (Wildman–Crippen MR) is 56.8 cm³/mol. The lowest BCUT2D eigenvalue weighted by Gasteiger charge is -2.23. The summed E-state index contributed by atoms with van der Waals surface area (Å²) in [6, 6.07) is -0.625. The number of nitrogens with zero attached hydrogens (tertiary/aromatic N) is 5. The minimum Gasteiger partial charge on any atom is -0.390 e. The molecule has 1 saturated carbocycles. The maximum Gasteiger partial charge on any atom is 0.508 e. The molecular weight excluding hydrogens is 246 g/mol. The summed E-state index contributed by atoms with van der Waals surface area (Å²) >= 11 is 0. The van der Waals surface area contributed by atoms with E-state index in [1.807, 2.05) is 0 Å². The first-order chi connectivity index (χ1) is 8.50. The lowest BCUT2D eigenvalue weighted by molar-refractivity contribution is -0.404. The quantitative estimate of drug-likeness (QED) is 0.616. The van der Waals surface area contributed by atoms with Gasteiger partial charge in [0.1, 0.15) is 6.04 Å². The molecule has 0 radical (unpaired) electrons. The summed E-state index contributed by atoms with van der Waals surface area (Å²) in [5, 5.41) is 34.6. The van der Waals surface area contributed by atoms with Crippen molar-refractivity contribution >= 4 is 11.9 Å². The van der Waals surface area contributed by atoms with Gasteiger partial charge in [0.2, 0.25) is 0 Å². The number of nitro groups is 2. The third-order valence-electron chi connectivity index (χ3n) is 2.94. The second kappa shape index (κ2) is 4.64. The maximum absolute atomic E-state index is 10.8. The molecule has 1 N–H and O–H groups in total. The fourth-order valence-corrected chi connectivity index (χ4v) is 2.11. The monoisotopic (exact) mass is 257 g/mol. The van der Waals surface area contributed by atoms with Crippen molar-refractivity contribution in [1.29, 1.82) is 0 Å². The molecule has 1 aromatic rings. The van der Waals surface area contributed by atoms with E-state index in [0.29, 0.717) is 12.8 Å². The summed E-state index contributed by atoms with van der Waals surface area (Å²) in [5.41, 5.74) is 0. The first kappa shape index (κ1) is 12.4. The zero-order valence-corrected chi connectivity index (χ0v) is 9.30. The Kier molecular flexibility index (Phi) is 3.19. The van der Waals surface area contributed by atoms with E-state index in [2.05, 4.69) is 10.1 Å². The van der Waals surface area contributed by atoms with Crippen LogP contribution in [0.3, 0.4) is 0 Å². The molecule has 0 aromatic carbocycles. The Hall–Kier alpha value is -2.10. The van der Waals surface area contributed by atoms with Crippen LogP contribution in [0, 0.1) is 20.2 Å². The van der Waals surface area contributed by atoms with E-state index in [1.165, 1.54) is 0 Å². The second-order valence-corrected chi connectivity index (χ2v) is 4.09. The third kappa shape index (κ3) is 2.14. The lowest BCUT2D eigenvalue weighted by Crippen LogP contribution is -2.29. The largest absolute Gasteiger partial charge is 0.508 e. The van der Waals surface area contributed by atoms with Crippen LogP contribution in [0.15, 0.2) is 0 Å². The van der Waals surface area contributed by atoms with Crippen LogP contribution in [0.4, 0.5) is 11.9 Å². The second-order valence-electron chi connectivity index (χ2n) is 4.09. The summed E-state index contributed by atoms with van der Waals surface area (Å²) in [4.78, 5) is 22.9. The Morgan fingerprint density at radius 2 is 1.89 bits per heavy atom. The SMILES string of the molecule is O=[N+]([O-])c1nc([N+](=O)[O-])n([C@H]2CCCC[C@H]2O)n1. The van der Waals surface area contributed by atoms with Gasteiger partial charge in [-0.1, -0.05) is 11.1 Å². The van der Waals surface area contributed by atoms with Gasteiger partial charge >= 0.3 is 11.9 Å². The highest BCUT2D eigenvalue weighted by Gasteiger charge is 2.38. The van der Waals surface area contributed by atoms with Gasteiger partial charge in [-0.05, 0) is 29.1 Å². The topological polar surface area (TPSA) is 137 Å². The van der Waals surface area contributed by atoms with E-state index in [0.717, 1.165) is 17.5 Å². The standard InChI is InChI=1S/C8H11N5O5/c14-6-4-2-1-3-5(6)11-8(13(17)18)9-7(10-11)12(15)16/h5-6,14H,1-4H2/t5-,6+/m0/s1. The van der Waals surface area contributed by atoms with Crippen LogP contribution in [0.5, 0.6) is 0 Å². The number of aromatic nitrogens is 3. The summed E-state index contributed by atoms with van der Waals surface area (Å²) in [6.07, 6.45) is 1.80. The van der Waals surface area contributed by atoms with Crippen LogP contribution in [0.2, 0.25) is 0 Å². The Morgan fingerprint density at radius 1 is 1.22 bits per heavy atom. The summed E-state index contributed by atoms with van der Waals surface area (Å²) < 4.78 is 0.863. The van der Waals surface area contributed by atoms with Crippen LogP contribution in [0.1, 0.15) is 31.7 Å². The van der Waals surface area contributed by atoms with E-state index in [1.54, 1.807) is 0 Å². The minimum absolute atomic E-state index is 0.489. The number of rotatable bonds is 3. The average molecular weight is 257 g/mol. The molecule has 0 aliphatic heterocycles. The van der Waals surface area contributed by atoms with Crippen molar-refractivity contribution in [1.82, 2.24) is 14.8 Å². The molecule has 10 heteroatoms. The molecule has 1 fully saturated rings. The molecule has 98 valence electrons. The normalized spacial score (nSPS) is 23.8. The van der Waals surface area contributed by atoms with Gasteiger partial charge in [0, 0.05) is 4.98 Å². The van der Waals surface area contributed by atoms with E-state index < -0.39 is 33.9 Å². The Labute approximate surface area is 101 Å². The highest BCUT2D eigenvalue weighted by molar-refractivity contribution is 5.15. The van der Waals surface area contributed by atoms with Crippen molar-refractivity contribution in [2.45, 2.75) is 37.8 Å². The molecule has 18 heavy (non-hydrogen) atoms. The summed E-state index contributed by atoms with van der Waals surface area (Å²) in [5.74, 6) is -1.52. The first-order valence-corrected chi connectivity index (χ1v) is 5.44.